The molecule has 1 atom stereocenters. The van der Waals surface area contributed by atoms with Crippen LogP contribution in [0.1, 0.15) is 20.3 Å². The third-order valence-electron chi connectivity index (χ3n) is 1.18. The highest BCUT2D eigenvalue weighted by molar-refractivity contribution is 5.72. The minimum Gasteiger partial charge on any atom is -0.450 e. The highest BCUT2D eigenvalue weighted by Crippen LogP contribution is 1.86. The summed E-state index contributed by atoms with van der Waals surface area (Å²) in [5.74, 6) is 0. The molecule has 0 radical (unpaired) electrons. The number of hydrogen-bond donors (Lipinski definition) is 1. The Morgan fingerprint density at radius 1 is 1.64 bits per heavy atom. The van der Waals surface area contributed by atoms with Gasteiger partial charge in [0.2, 0.25) is 0 Å². The van der Waals surface area contributed by atoms with Crippen LogP contribution in [0.15, 0.2) is 0 Å². The van der Waals surface area contributed by atoms with Crippen molar-refractivity contribution in [3.63, 3.8) is 0 Å². The molecule has 1 unspecified atom stereocenters. The van der Waals surface area contributed by atoms with Crippen molar-refractivity contribution in [3.8, 4) is 0 Å². The fourth-order valence-corrected chi connectivity index (χ4v) is 0.556. The number of nitrogens with one attached hydrogen (secondary N) is 1. The summed E-state index contributed by atoms with van der Waals surface area (Å²) in [4.78, 5) is 20.9. The summed E-state index contributed by atoms with van der Waals surface area (Å²) in [5.41, 5.74) is 0. The first-order valence-electron chi connectivity index (χ1n) is 3.63. The smallest absolute Gasteiger partial charge is 0.407 e. The average Bonchev–Trinajstić information content (AvgIpc) is 2.01. The van der Waals surface area contributed by atoms with E-state index in [1.165, 1.54) is 0 Å². The Hall–Kier alpha value is -1.06. The van der Waals surface area contributed by atoms with Crippen LogP contribution in [-0.4, -0.2) is 25.0 Å². The van der Waals surface area contributed by atoms with Gasteiger partial charge in [0.25, 0.3) is 0 Å². The summed E-state index contributed by atoms with van der Waals surface area (Å²) in [7, 11) is 0. The molecule has 0 bridgehead atoms. The lowest BCUT2D eigenvalue weighted by Crippen LogP contribution is -2.35. The second kappa shape index (κ2) is 5.70. The lowest BCUT2D eigenvalue weighted by molar-refractivity contribution is -0.109. The van der Waals surface area contributed by atoms with Crippen molar-refractivity contribution in [2.24, 2.45) is 0 Å². The van der Waals surface area contributed by atoms with E-state index in [0.717, 1.165) is 0 Å². The minimum atomic E-state index is -0.536. The number of rotatable bonds is 4. The predicted octanol–water partition coefficient (Wildman–Crippen LogP) is 0.710. The molecule has 0 aromatic heterocycles. The van der Waals surface area contributed by atoms with Gasteiger partial charge in [-0.05, 0) is 13.3 Å². The van der Waals surface area contributed by atoms with Gasteiger partial charge in [-0.1, -0.05) is 6.92 Å². The highest BCUT2D eigenvalue weighted by Gasteiger charge is 2.07. The van der Waals surface area contributed by atoms with Crippen molar-refractivity contribution >= 4 is 12.4 Å². The molecule has 0 fully saturated rings. The first-order chi connectivity index (χ1) is 5.24. The molecule has 0 aliphatic carbocycles. The maximum absolute atomic E-state index is 10.7. The second-order valence-corrected chi connectivity index (χ2v) is 2.02. The molecule has 0 spiro atoms. The van der Waals surface area contributed by atoms with Crippen LogP contribution in [0.3, 0.4) is 0 Å². The molecule has 1 N–H and O–H groups in total. The van der Waals surface area contributed by atoms with Crippen molar-refractivity contribution in [1.82, 2.24) is 5.32 Å². The zero-order valence-corrected chi connectivity index (χ0v) is 6.79. The van der Waals surface area contributed by atoms with Crippen LogP contribution in [0.25, 0.3) is 0 Å². The quantitative estimate of drug-likeness (QED) is 0.614. The van der Waals surface area contributed by atoms with Crippen LogP contribution in [-0.2, 0) is 9.53 Å². The molecule has 64 valence electrons. The number of ether oxygens (including phenoxy) is 1. The van der Waals surface area contributed by atoms with Gasteiger partial charge in [0.05, 0.1) is 12.6 Å². The molecule has 0 aliphatic rings. The van der Waals surface area contributed by atoms with E-state index >= 15 is 0 Å². The molecule has 4 nitrogen and oxygen atoms in total. The van der Waals surface area contributed by atoms with E-state index in [-0.39, 0.29) is 0 Å². The van der Waals surface area contributed by atoms with Crippen molar-refractivity contribution in [3.05, 3.63) is 0 Å². The predicted molar refractivity (Wildman–Crippen MR) is 40.3 cm³/mol. The molecular formula is C7H13NO3. The molecule has 0 saturated carbocycles. The van der Waals surface area contributed by atoms with Gasteiger partial charge in [-0.3, -0.25) is 0 Å². The van der Waals surface area contributed by atoms with Gasteiger partial charge in [-0.2, -0.15) is 0 Å². The van der Waals surface area contributed by atoms with Crippen LogP contribution in [0.5, 0.6) is 0 Å². The van der Waals surface area contributed by atoms with Crippen molar-refractivity contribution in [2.75, 3.05) is 6.61 Å². The van der Waals surface area contributed by atoms with E-state index in [0.29, 0.717) is 19.3 Å². The molecule has 0 saturated heterocycles. The van der Waals surface area contributed by atoms with Gasteiger partial charge in [-0.15, -0.1) is 0 Å². The Balaban J connectivity index is 3.62. The molecule has 0 heterocycles. The van der Waals surface area contributed by atoms with E-state index in [9.17, 15) is 9.59 Å². The number of carbonyl (C=O) groups excluding carboxylic acids is 2. The van der Waals surface area contributed by atoms with Gasteiger partial charge in [0.15, 0.2) is 0 Å². The maximum atomic E-state index is 10.7. The van der Waals surface area contributed by atoms with Gasteiger partial charge in [0.1, 0.15) is 6.29 Å². The average molecular weight is 159 g/mol. The number of carbonyl (C=O) groups is 2. The molecule has 0 rings (SSSR count). The normalized spacial score (nSPS) is 11.8. The zero-order chi connectivity index (χ0) is 8.69. The van der Waals surface area contributed by atoms with Crippen LogP contribution >= 0.6 is 0 Å². The molecule has 0 aliphatic heterocycles. The summed E-state index contributed by atoms with van der Waals surface area (Å²) in [6, 6.07) is -0.422. The SMILES string of the molecule is CCOC(=O)NC(C=O)CC. The Morgan fingerprint density at radius 3 is 2.64 bits per heavy atom. The molecule has 4 heteroatoms. The van der Waals surface area contributed by atoms with Crippen molar-refractivity contribution < 1.29 is 14.3 Å². The van der Waals surface area contributed by atoms with E-state index in [4.69, 9.17) is 0 Å². The monoisotopic (exact) mass is 159 g/mol. The lowest BCUT2D eigenvalue weighted by Gasteiger charge is -2.08. The minimum absolute atomic E-state index is 0.321. The fourth-order valence-electron chi connectivity index (χ4n) is 0.556. The van der Waals surface area contributed by atoms with Gasteiger partial charge in [0, 0.05) is 0 Å². The van der Waals surface area contributed by atoms with Crippen molar-refractivity contribution in [2.45, 2.75) is 26.3 Å². The Morgan fingerprint density at radius 2 is 2.27 bits per heavy atom. The molecular weight excluding hydrogens is 146 g/mol. The number of aldehydes is 1. The third kappa shape index (κ3) is 4.36. The number of hydrogen-bond acceptors (Lipinski definition) is 3. The highest BCUT2D eigenvalue weighted by atomic mass is 16.5. The molecule has 0 aromatic carbocycles. The Bertz CT molecular complexity index is 136. The Kier molecular flexibility index (Phi) is 5.15. The van der Waals surface area contributed by atoms with Crippen LogP contribution in [0, 0.1) is 0 Å². The largest absolute Gasteiger partial charge is 0.450 e. The first-order valence-corrected chi connectivity index (χ1v) is 3.63. The van der Waals surface area contributed by atoms with Gasteiger partial charge < -0.3 is 14.8 Å². The summed E-state index contributed by atoms with van der Waals surface area (Å²) < 4.78 is 4.57. The van der Waals surface area contributed by atoms with Crippen LogP contribution in [0.4, 0.5) is 4.79 Å². The molecule has 11 heavy (non-hydrogen) atoms. The number of amides is 1. The standard InChI is InChI=1S/C7H13NO3/c1-3-6(5-9)8-7(10)11-4-2/h5-6H,3-4H2,1-2H3,(H,8,10). The zero-order valence-electron chi connectivity index (χ0n) is 6.79. The summed E-state index contributed by atoms with van der Waals surface area (Å²) in [6.07, 6.45) is 0.741. The van der Waals surface area contributed by atoms with Gasteiger partial charge >= 0.3 is 6.09 Å². The van der Waals surface area contributed by atoms with Crippen molar-refractivity contribution in [1.29, 1.82) is 0 Å². The molecule has 1 amide bonds. The molecule has 0 aromatic rings. The summed E-state index contributed by atoms with van der Waals surface area (Å²) in [5, 5.41) is 2.39. The second-order valence-electron chi connectivity index (χ2n) is 2.02. The summed E-state index contributed by atoms with van der Waals surface area (Å²) >= 11 is 0. The first kappa shape index (κ1) is 9.94. The number of alkyl carbamates (subject to hydrolysis) is 1. The lowest BCUT2D eigenvalue weighted by atomic mass is 10.3. The third-order valence-corrected chi connectivity index (χ3v) is 1.18. The Labute approximate surface area is 65.9 Å². The fraction of sp³-hybridized carbons (Fsp3) is 0.714. The summed E-state index contributed by atoms with van der Waals surface area (Å²) in [6.45, 7) is 3.84. The van der Waals surface area contributed by atoms with E-state index < -0.39 is 12.1 Å². The van der Waals surface area contributed by atoms with E-state index in [1.54, 1.807) is 6.92 Å². The van der Waals surface area contributed by atoms with Gasteiger partial charge in [-0.25, -0.2) is 4.79 Å². The van der Waals surface area contributed by atoms with E-state index in [1.807, 2.05) is 6.92 Å². The van der Waals surface area contributed by atoms with E-state index in [2.05, 4.69) is 10.1 Å². The van der Waals surface area contributed by atoms with Crippen LogP contribution < -0.4 is 5.32 Å². The van der Waals surface area contributed by atoms with Crippen LogP contribution in [0.2, 0.25) is 0 Å². The maximum Gasteiger partial charge on any atom is 0.407 e. The topological polar surface area (TPSA) is 55.4 Å².